The zero-order valence-corrected chi connectivity index (χ0v) is 13.7. The van der Waals surface area contributed by atoms with Crippen molar-refractivity contribution in [1.29, 1.82) is 0 Å². The molecule has 1 aliphatic heterocycles. The monoisotopic (exact) mass is 337 g/mol. The molecule has 0 radical (unpaired) electrons. The maximum atomic E-state index is 12.2. The lowest BCUT2D eigenvalue weighted by Crippen LogP contribution is -2.37. The van der Waals surface area contributed by atoms with Gasteiger partial charge >= 0.3 is 5.97 Å². The molecule has 2 aromatic rings. The lowest BCUT2D eigenvalue weighted by Gasteiger charge is -2.26. The minimum Gasteiger partial charge on any atom is -0.507 e. The second-order valence-electron chi connectivity index (χ2n) is 5.78. The number of hydrogen-bond acceptors (Lipinski definition) is 4. The standard InChI is InChI=1S/C20H19NO4/c22-18-9-5-4-8-17(18)20(24)25-14-19(23)21-12-10-16(11-13-21)15-6-2-1-3-7-15/h1-10,22H,11-14H2. The third-order valence-electron chi connectivity index (χ3n) is 4.16. The normalized spacial score (nSPS) is 13.9. The summed E-state index contributed by atoms with van der Waals surface area (Å²) in [7, 11) is 0. The fourth-order valence-electron chi connectivity index (χ4n) is 2.75. The van der Waals surface area contributed by atoms with Crippen LogP contribution in [0, 0.1) is 0 Å². The summed E-state index contributed by atoms with van der Waals surface area (Å²) in [5.74, 6) is -1.11. The molecule has 0 saturated carbocycles. The van der Waals surface area contributed by atoms with Gasteiger partial charge in [0.2, 0.25) is 0 Å². The molecule has 1 aliphatic rings. The first-order valence-corrected chi connectivity index (χ1v) is 8.12. The molecule has 128 valence electrons. The Balaban J connectivity index is 1.54. The first-order chi connectivity index (χ1) is 12.1. The summed E-state index contributed by atoms with van der Waals surface area (Å²) in [6.45, 7) is 0.757. The van der Waals surface area contributed by atoms with E-state index >= 15 is 0 Å². The summed E-state index contributed by atoms with van der Waals surface area (Å²) in [4.78, 5) is 25.8. The number of benzene rings is 2. The highest BCUT2D eigenvalue weighted by Crippen LogP contribution is 2.22. The van der Waals surface area contributed by atoms with Crippen LogP contribution in [-0.4, -0.2) is 41.6 Å². The Morgan fingerprint density at radius 1 is 1.04 bits per heavy atom. The van der Waals surface area contributed by atoms with Crippen molar-refractivity contribution in [1.82, 2.24) is 4.90 Å². The van der Waals surface area contributed by atoms with Gasteiger partial charge in [-0.05, 0) is 29.7 Å². The van der Waals surface area contributed by atoms with Gasteiger partial charge in [0.25, 0.3) is 5.91 Å². The van der Waals surface area contributed by atoms with Gasteiger partial charge in [-0.2, -0.15) is 0 Å². The van der Waals surface area contributed by atoms with Crippen LogP contribution in [0.2, 0.25) is 0 Å². The van der Waals surface area contributed by atoms with E-state index in [4.69, 9.17) is 4.74 Å². The minimum atomic E-state index is -0.705. The van der Waals surface area contributed by atoms with Crippen molar-refractivity contribution in [3.8, 4) is 5.75 Å². The van der Waals surface area contributed by atoms with Crippen LogP contribution in [0.3, 0.4) is 0 Å². The third-order valence-corrected chi connectivity index (χ3v) is 4.16. The Hall–Kier alpha value is -3.08. The van der Waals surface area contributed by atoms with Crippen LogP contribution < -0.4 is 0 Å². The average molecular weight is 337 g/mol. The average Bonchev–Trinajstić information content (AvgIpc) is 2.67. The molecule has 0 unspecified atom stereocenters. The van der Waals surface area contributed by atoms with Crippen LogP contribution in [-0.2, 0) is 9.53 Å². The SMILES string of the molecule is O=C(OCC(=O)N1CC=C(c2ccccc2)CC1)c1ccccc1O. The van der Waals surface area contributed by atoms with Crippen LogP contribution in [0.5, 0.6) is 5.75 Å². The fourth-order valence-corrected chi connectivity index (χ4v) is 2.75. The Morgan fingerprint density at radius 2 is 1.76 bits per heavy atom. The molecule has 5 nitrogen and oxygen atoms in total. The van der Waals surface area contributed by atoms with Gasteiger partial charge in [-0.3, -0.25) is 4.79 Å². The van der Waals surface area contributed by atoms with E-state index in [1.165, 1.54) is 23.3 Å². The molecular formula is C20H19NO4. The molecule has 25 heavy (non-hydrogen) atoms. The third kappa shape index (κ3) is 4.07. The predicted molar refractivity (Wildman–Crippen MR) is 94.0 cm³/mol. The predicted octanol–water partition coefficient (Wildman–Crippen LogP) is 2.86. The summed E-state index contributed by atoms with van der Waals surface area (Å²) < 4.78 is 5.02. The number of amides is 1. The summed E-state index contributed by atoms with van der Waals surface area (Å²) >= 11 is 0. The molecule has 0 aliphatic carbocycles. The number of hydrogen-bond donors (Lipinski definition) is 1. The fraction of sp³-hybridized carbons (Fsp3) is 0.200. The van der Waals surface area contributed by atoms with Gasteiger partial charge in [-0.1, -0.05) is 48.5 Å². The van der Waals surface area contributed by atoms with E-state index in [-0.39, 0.29) is 23.8 Å². The molecule has 3 rings (SSSR count). The number of esters is 1. The van der Waals surface area contributed by atoms with Crippen molar-refractivity contribution in [3.63, 3.8) is 0 Å². The largest absolute Gasteiger partial charge is 0.507 e. The van der Waals surface area contributed by atoms with Crippen molar-refractivity contribution >= 4 is 17.4 Å². The van der Waals surface area contributed by atoms with E-state index in [0.717, 1.165) is 6.42 Å². The van der Waals surface area contributed by atoms with Crippen molar-refractivity contribution in [2.45, 2.75) is 6.42 Å². The Morgan fingerprint density at radius 3 is 2.44 bits per heavy atom. The number of carbonyl (C=O) groups excluding carboxylic acids is 2. The number of nitrogens with zero attached hydrogens (tertiary/aromatic N) is 1. The zero-order valence-electron chi connectivity index (χ0n) is 13.7. The maximum Gasteiger partial charge on any atom is 0.342 e. The summed E-state index contributed by atoms with van der Waals surface area (Å²) in [5, 5.41) is 9.63. The van der Waals surface area contributed by atoms with Crippen LogP contribution >= 0.6 is 0 Å². The van der Waals surface area contributed by atoms with E-state index in [0.29, 0.717) is 13.1 Å². The first-order valence-electron chi connectivity index (χ1n) is 8.12. The number of phenolic OH excluding ortho intramolecular Hbond substituents is 1. The number of rotatable bonds is 4. The number of ether oxygens (including phenoxy) is 1. The van der Waals surface area contributed by atoms with Gasteiger partial charge in [-0.25, -0.2) is 4.79 Å². The molecular weight excluding hydrogens is 318 g/mol. The Bertz CT molecular complexity index is 798. The molecule has 1 amide bonds. The summed E-state index contributed by atoms with van der Waals surface area (Å²) in [6, 6.07) is 16.2. The topological polar surface area (TPSA) is 66.8 Å². The van der Waals surface area contributed by atoms with Crippen LogP contribution in [0.1, 0.15) is 22.3 Å². The van der Waals surface area contributed by atoms with Gasteiger partial charge in [0.05, 0.1) is 0 Å². The van der Waals surface area contributed by atoms with Crippen molar-refractivity contribution in [2.75, 3.05) is 19.7 Å². The molecule has 2 aromatic carbocycles. The van der Waals surface area contributed by atoms with E-state index in [1.54, 1.807) is 17.0 Å². The molecule has 0 spiro atoms. The lowest BCUT2D eigenvalue weighted by molar-refractivity contribution is -0.134. The number of phenols is 1. The van der Waals surface area contributed by atoms with Crippen molar-refractivity contribution in [2.24, 2.45) is 0 Å². The minimum absolute atomic E-state index is 0.0557. The molecule has 0 aromatic heterocycles. The molecule has 0 atom stereocenters. The highest BCUT2D eigenvalue weighted by molar-refractivity contribution is 5.93. The van der Waals surface area contributed by atoms with Gasteiger partial charge in [0, 0.05) is 13.1 Å². The molecule has 0 fully saturated rings. The summed E-state index contributed by atoms with van der Waals surface area (Å²) in [5.41, 5.74) is 2.44. The smallest absolute Gasteiger partial charge is 0.342 e. The van der Waals surface area contributed by atoms with E-state index in [9.17, 15) is 14.7 Å². The van der Waals surface area contributed by atoms with Gasteiger partial charge in [-0.15, -0.1) is 0 Å². The highest BCUT2D eigenvalue weighted by Gasteiger charge is 2.20. The van der Waals surface area contributed by atoms with Gasteiger partial charge < -0.3 is 14.7 Å². The highest BCUT2D eigenvalue weighted by atomic mass is 16.5. The number of carbonyl (C=O) groups is 2. The lowest BCUT2D eigenvalue weighted by atomic mass is 10.00. The number of para-hydroxylation sites is 1. The quantitative estimate of drug-likeness (QED) is 0.871. The Labute approximate surface area is 146 Å². The van der Waals surface area contributed by atoms with E-state index < -0.39 is 5.97 Å². The molecule has 5 heteroatoms. The summed E-state index contributed by atoms with van der Waals surface area (Å²) in [6.07, 6.45) is 2.80. The van der Waals surface area contributed by atoms with Crippen LogP contribution in [0.4, 0.5) is 0 Å². The van der Waals surface area contributed by atoms with Gasteiger partial charge in [0.1, 0.15) is 11.3 Å². The second kappa shape index (κ2) is 7.66. The van der Waals surface area contributed by atoms with E-state index in [2.05, 4.69) is 12.1 Å². The molecule has 1 N–H and O–H groups in total. The number of aromatic hydroxyl groups is 1. The zero-order chi connectivity index (χ0) is 17.6. The first kappa shape index (κ1) is 16.8. The Kier molecular flexibility index (Phi) is 5.14. The second-order valence-corrected chi connectivity index (χ2v) is 5.78. The van der Waals surface area contributed by atoms with Crippen LogP contribution in [0.15, 0.2) is 60.7 Å². The van der Waals surface area contributed by atoms with Crippen molar-refractivity contribution in [3.05, 3.63) is 71.8 Å². The molecule has 0 saturated heterocycles. The molecule has 1 heterocycles. The molecule has 0 bridgehead atoms. The van der Waals surface area contributed by atoms with E-state index in [1.807, 2.05) is 24.3 Å². The van der Waals surface area contributed by atoms with Crippen molar-refractivity contribution < 1.29 is 19.4 Å². The maximum absolute atomic E-state index is 12.2. The van der Waals surface area contributed by atoms with Crippen LogP contribution in [0.25, 0.3) is 5.57 Å². The van der Waals surface area contributed by atoms with Gasteiger partial charge in [0.15, 0.2) is 6.61 Å².